The van der Waals surface area contributed by atoms with Gasteiger partial charge in [0.2, 0.25) is 0 Å². The van der Waals surface area contributed by atoms with E-state index in [9.17, 15) is 9.18 Å². The number of carbonyl (C=O) groups is 1. The third-order valence-corrected chi connectivity index (χ3v) is 6.03. The molecule has 0 saturated heterocycles. The van der Waals surface area contributed by atoms with Crippen molar-refractivity contribution in [1.29, 1.82) is 0 Å². The van der Waals surface area contributed by atoms with Crippen molar-refractivity contribution in [2.24, 2.45) is 0 Å². The van der Waals surface area contributed by atoms with Crippen LogP contribution in [0.25, 0.3) is 10.9 Å². The molecule has 0 radical (unpaired) electrons. The van der Waals surface area contributed by atoms with Gasteiger partial charge in [0.1, 0.15) is 11.7 Å². The summed E-state index contributed by atoms with van der Waals surface area (Å²) in [5.41, 5.74) is 1.54. The molecule has 0 spiro atoms. The second-order valence-electron chi connectivity index (χ2n) is 6.21. The number of halogens is 4. The minimum absolute atomic E-state index is 0.194. The van der Waals surface area contributed by atoms with Crippen molar-refractivity contribution in [3.05, 3.63) is 44.5 Å². The summed E-state index contributed by atoms with van der Waals surface area (Å²) in [5.74, 6) is -0.527. The zero-order valence-corrected chi connectivity index (χ0v) is 17.2. The Morgan fingerprint density at radius 2 is 2.30 bits per heavy atom. The normalized spacial score (nSPS) is 17.3. The molecule has 1 aliphatic heterocycles. The van der Waals surface area contributed by atoms with Crippen molar-refractivity contribution in [2.75, 3.05) is 6.61 Å². The first-order valence-electron chi connectivity index (χ1n) is 8.27. The molecule has 0 N–H and O–H groups in total. The van der Waals surface area contributed by atoms with Gasteiger partial charge in [0.05, 0.1) is 35.2 Å². The molecular weight excluding hydrogens is 462 g/mol. The summed E-state index contributed by atoms with van der Waals surface area (Å²) >= 11 is 16.0. The molecule has 0 saturated carbocycles. The number of aromatic nitrogens is 4. The average molecular weight is 476 g/mol. The van der Waals surface area contributed by atoms with Gasteiger partial charge in [0.15, 0.2) is 6.04 Å². The highest BCUT2D eigenvalue weighted by molar-refractivity contribution is 9.10. The number of fused-ring (bicyclic) bond motifs is 2. The van der Waals surface area contributed by atoms with E-state index < -0.39 is 18.2 Å². The number of alkyl halides is 1. The summed E-state index contributed by atoms with van der Waals surface area (Å²) < 4.78 is 22.8. The molecule has 0 bridgehead atoms. The van der Waals surface area contributed by atoms with Gasteiger partial charge in [0.25, 0.3) is 0 Å². The fourth-order valence-electron chi connectivity index (χ4n) is 3.31. The Kier molecular flexibility index (Phi) is 4.90. The van der Waals surface area contributed by atoms with Crippen molar-refractivity contribution in [2.45, 2.75) is 32.1 Å². The number of benzene rings is 1. The molecule has 2 aromatic heterocycles. The van der Waals surface area contributed by atoms with Crippen LogP contribution < -0.4 is 0 Å². The predicted octanol–water partition coefficient (Wildman–Crippen LogP) is 4.35. The lowest BCUT2D eigenvalue weighted by Crippen LogP contribution is -2.25. The Labute approximate surface area is 172 Å². The fraction of sp³-hybridized carbons (Fsp3) is 0.353. The lowest BCUT2D eigenvalue weighted by Gasteiger charge is -2.15. The quantitative estimate of drug-likeness (QED) is 0.415. The molecule has 6 nitrogen and oxygen atoms in total. The van der Waals surface area contributed by atoms with Gasteiger partial charge in [-0.1, -0.05) is 23.2 Å². The third-order valence-electron chi connectivity index (χ3n) is 4.48. The van der Waals surface area contributed by atoms with E-state index in [0.717, 1.165) is 0 Å². The molecule has 27 heavy (non-hydrogen) atoms. The molecule has 10 heteroatoms. The first kappa shape index (κ1) is 18.7. The third kappa shape index (κ3) is 3.13. The summed E-state index contributed by atoms with van der Waals surface area (Å²) in [7, 11) is 0. The van der Waals surface area contributed by atoms with E-state index in [4.69, 9.17) is 27.9 Å². The molecule has 4 rings (SSSR count). The minimum atomic E-state index is -0.999. The highest BCUT2D eigenvalue weighted by Gasteiger charge is 2.35. The Morgan fingerprint density at radius 3 is 3.04 bits per heavy atom. The van der Waals surface area contributed by atoms with E-state index in [1.165, 1.54) is 11.0 Å². The molecule has 3 heterocycles. The Bertz CT molecular complexity index is 1050. The topological polar surface area (TPSA) is 61.9 Å². The highest BCUT2D eigenvalue weighted by atomic mass is 79.9. The predicted molar refractivity (Wildman–Crippen MR) is 103 cm³/mol. The lowest BCUT2D eigenvalue weighted by molar-refractivity contribution is -0.146. The first-order valence-corrected chi connectivity index (χ1v) is 9.82. The van der Waals surface area contributed by atoms with E-state index >= 15 is 0 Å². The number of imidazole rings is 1. The SMILES string of the molecule is CCOC(=O)C(c1ncn2c1CC(F)C2)n1cc2c(Cl)cc(Br)c(Cl)c2n1. The van der Waals surface area contributed by atoms with Crippen LogP contribution in [0, 0.1) is 0 Å². The second-order valence-corrected chi connectivity index (χ2v) is 7.85. The summed E-state index contributed by atoms with van der Waals surface area (Å²) in [6.45, 7) is 2.14. The Balaban J connectivity index is 1.88. The number of hydrogen-bond donors (Lipinski definition) is 0. The van der Waals surface area contributed by atoms with Gasteiger partial charge in [-0.05, 0) is 28.9 Å². The molecule has 142 valence electrons. The fourth-order valence-corrected chi connectivity index (χ4v) is 4.30. The molecule has 1 aromatic carbocycles. The molecular formula is C17H14BrCl2FN4O2. The van der Waals surface area contributed by atoms with Crippen LogP contribution in [0.4, 0.5) is 4.39 Å². The maximum atomic E-state index is 13.8. The van der Waals surface area contributed by atoms with Crippen LogP contribution in [0.1, 0.15) is 24.4 Å². The van der Waals surface area contributed by atoms with Gasteiger partial charge in [0, 0.05) is 28.2 Å². The van der Waals surface area contributed by atoms with Gasteiger partial charge in [-0.25, -0.2) is 14.2 Å². The van der Waals surface area contributed by atoms with E-state index in [-0.39, 0.29) is 19.6 Å². The van der Waals surface area contributed by atoms with E-state index in [2.05, 4.69) is 26.0 Å². The van der Waals surface area contributed by atoms with Crippen molar-refractivity contribution < 1.29 is 13.9 Å². The molecule has 2 unspecified atom stereocenters. The summed E-state index contributed by atoms with van der Waals surface area (Å²) in [4.78, 5) is 17.1. The van der Waals surface area contributed by atoms with Crippen LogP contribution >= 0.6 is 39.1 Å². The number of esters is 1. The monoisotopic (exact) mass is 474 g/mol. The zero-order chi connectivity index (χ0) is 19.3. The maximum absolute atomic E-state index is 13.8. The summed E-state index contributed by atoms with van der Waals surface area (Å²) in [6, 6.07) is 0.712. The number of nitrogens with zero attached hydrogens (tertiary/aromatic N) is 4. The Hall–Kier alpha value is -1.64. The molecule has 0 aliphatic carbocycles. The average Bonchev–Trinajstić information content (AvgIpc) is 3.29. The highest BCUT2D eigenvalue weighted by Crippen LogP contribution is 2.37. The maximum Gasteiger partial charge on any atom is 0.337 e. The van der Waals surface area contributed by atoms with Gasteiger partial charge in [-0.15, -0.1) is 0 Å². The van der Waals surface area contributed by atoms with Gasteiger partial charge < -0.3 is 9.30 Å². The smallest absolute Gasteiger partial charge is 0.337 e. The number of ether oxygens (including phenoxy) is 1. The molecule has 1 aliphatic rings. The van der Waals surface area contributed by atoms with Crippen LogP contribution in [0.3, 0.4) is 0 Å². The van der Waals surface area contributed by atoms with E-state index in [1.807, 2.05) is 0 Å². The largest absolute Gasteiger partial charge is 0.464 e. The number of carbonyl (C=O) groups excluding carboxylic acids is 1. The number of hydrogen-bond acceptors (Lipinski definition) is 4. The van der Waals surface area contributed by atoms with Crippen molar-refractivity contribution in [1.82, 2.24) is 19.3 Å². The van der Waals surface area contributed by atoms with E-state index in [1.54, 1.807) is 23.8 Å². The van der Waals surface area contributed by atoms with Crippen LogP contribution in [-0.2, 0) is 22.5 Å². The van der Waals surface area contributed by atoms with Crippen LogP contribution in [0.5, 0.6) is 0 Å². The summed E-state index contributed by atoms with van der Waals surface area (Å²) in [6.07, 6.45) is 2.36. The van der Waals surface area contributed by atoms with Gasteiger partial charge >= 0.3 is 5.97 Å². The molecule has 0 fully saturated rings. The molecule has 0 amide bonds. The van der Waals surface area contributed by atoms with Gasteiger partial charge in [-0.3, -0.25) is 4.68 Å². The standard InChI is InChI=1S/C17H14BrCl2FN4O2/c1-2-27-17(26)16(15-12-3-8(21)5-24(12)7-22-15)25-6-9-11(19)4-10(18)13(20)14(9)23-25/h4,6-8,16H,2-3,5H2,1H3. The van der Waals surface area contributed by atoms with Crippen LogP contribution in [0.15, 0.2) is 23.1 Å². The van der Waals surface area contributed by atoms with Crippen LogP contribution in [0.2, 0.25) is 10.0 Å². The second kappa shape index (κ2) is 7.07. The Morgan fingerprint density at radius 1 is 1.52 bits per heavy atom. The van der Waals surface area contributed by atoms with E-state index in [0.29, 0.717) is 36.8 Å². The van der Waals surface area contributed by atoms with Crippen molar-refractivity contribution in [3.63, 3.8) is 0 Å². The zero-order valence-electron chi connectivity index (χ0n) is 14.1. The van der Waals surface area contributed by atoms with Crippen LogP contribution in [-0.4, -0.2) is 38.1 Å². The van der Waals surface area contributed by atoms with Crippen molar-refractivity contribution in [3.8, 4) is 0 Å². The van der Waals surface area contributed by atoms with Crippen molar-refractivity contribution >= 4 is 56.0 Å². The molecule has 2 atom stereocenters. The number of rotatable bonds is 4. The molecule has 3 aromatic rings. The first-order chi connectivity index (χ1) is 12.9. The van der Waals surface area contributed by atoms with Gasteiger partial charge in [-0.2, -0.15) is 5.10 Å². The minimum Gasteiger partial charge on any atom is -0.464 e. The lowest BCUT2D eigenvalue weighted by atomic mass is 10.1. The summed E-state index contributed by atoms with van der Waals surface area (Å²) in [5, 5.41) is 5.88.